The zero-order chi connectivity index (χ0) is 13.0. The summed E-state index contributed by atoms with van der Waals surface area (Å²) in [5.74, 6) is 1.27. The van der Waals surface area contributed by atoms with Crippen LogP contribution < -0.4 is 0 Å². The van der Waals surface area contributed by atoms with E-state index in [1.807, 2.05) is 0 Å². The third-order valence-corrected chi connectivity index (χ3v) is 5.85. The van der Waals surface area contributed by atoms with Crippen LogP contribution in [0.2, 0.25) is 0 Å². The van der Waals surface area contributed by atoms with Crippen LogP contribution in [-0.2, 0) is 9.05 Å². The van der Waals surface area contributed by atoms with Crippen LogP contribution in [0.4, 0.5) is 0 Å². The highest BCUT2D eigenvalue weighted by molar-refractivity contribution is 7.76. The minimum absolute atomic E-state index is 0.321. The maximum absolute atomic E-state index is 6.30. The Morgan fingerprint density at radius 3 is 1.56 bits per heavy atom. The van der Waals surface area contributed by atoms with Gasteiger partial charge < -0.3 is 9.05 Å². The summed E-state index contributed by atoms with van der Waals surface area (Å²) in [6, 6.07) is 0. The van der Waals surface area contributed by atoms with E-state index in [4.69, 9.17) is 20.3 Å². The summed E-state index contributed by atoms with van der Waals surface area (Å²) < 4.78 is 11.9. The van der Waals surface area contributed by atoms with E-state index < -0.39 is 7.73 Å². The van der Waals surface area contributed by atoms with Crippen LogP contribution >= 0.6 is 19.0 Å². The average Bonchev–Trinajstić information content (AvgIpc) is 2.35. The van der Waals surface area contributed by atoms with Crippen molar-refractivity contribution < 1.29 is 9.05 Å². The fourth-order valence-electron chi connectivity index (χ4n) is 3.12. The largest absolute Gasteiger partial charge is 0.319 e. The number of halogens is 1. The zero-order valence-corrected chi connectivity index (χ0v) is 13.3. The van der Waals surface area contributed by atoms with E-state index >= 15 is 0 Å². The number of hydrogen-bond acceptors (Lipinski definition) is 2. The van der Waals surface area contributed by atoms with E-state index in [1.165, 1.54) is 38.5 Å². The lowest BCUT2D eigenvalue weighted by Crippen LogP contribution is -2.26. The molecule has 18 heavy (non-hydrogen) atoms. The average molecular weight is 293 g/mol. The van der Waals surface area contributed by atoms with Crippen LogP contribution in [0.15, 0.2) is 0 Å². The van der Waals surface area contributed by atoms with Crippen LogP contribution in [0.5, 0.6) is 0 Å². The summed E-state index contributed by atoms with van der Waals surface area (Å²) in [5, 5.41) is 0. The van der Waals surface area contributed by atoms with E-state index in [-0.39, 0.29) is 0 Å². The van der Waals surface area contributed by atoms with Crippen molar-refractivity contribution in [3.8, 4) is 0 Å². The molecule has 2 aliphatic rings. The molecule has 106 valence electrons. The first kappa shape index (κ1) is 15.0. The Morgan fingerprint density at radius 1 is 0.778 bits per heavy atom. The Bertz CT molecular complexity index is 228. The van der Waals surface area contributed by atoms with Gasteiger partial charge in [-0.05, 0) is 48.8 Å². The molecule has 0 amide bonds. The molecule has 0 aliphatic heterocycles. The van der Waals surface area contributed by atoms with Crippen molar-refractivity contribution in [2.45, 2.75) is 77.4 Å². The molecular weight excluding hydrogens is 267 g/mol. The predicted octanol–water partition coefficient (Wildman–Crippen LogP) is 5.64. The van der Waals surface area contributed by atoms with Gasteiger partial charge in [-0.3, -0.25) is 0 Å². The Hall–Kier alpha value is 0.640. The minimum atomic E-state index is -1.21. The summed E-state index contributed by atoms with van der Waals surface area (Å²) in [4.78, 5) is 0. The Morgan fingerprint density at radius 2 is 1.17 bits per heavy atom. The molecule has 0 heterocycles. The van der Waals surface area contributed by atoms with Gasteiger partial charge in [-0.15, -0.1) is 0 Å². The van der Waals surface area contributed by atoms with E-state index in [1.54, 1.807) is 0 Å². The lowest BCUT2D eigenvalue weighted by molar-refractivity contribution is 0.0630. The van der Waals surface area contributed by atoms with Gasteiger partial charge in [0, 0.05) is 0 Å². The van der Waals surface area contributed by atoms with Crippen molar-refractivity contribution in [2.75, 3.05) is 0 Å². The molecule has 0 bridgehead atoms. The van der Waals surface area contributed by atoms with E-state index in [0.717, 1.165) is 12.8 Å². The Balaban J connectivity index is 1.75. The van der Waals surface area contributed by atoms with E-state index in [9.17, 15) is 0 Å². The SMILES string of the molecule is CC1CCCCC1OP(Cl)OC1CCCCC1C. The molecule has 2 rings (SSSR count). The van der Waals surface area contributed by atoms with E-state index in [2.05, 4.69) is 13.8 Å². The molecule has 2 fully saturated rings. The van der Waals surface area contributed by atoms with Gasteiger partial charge in [-0.2, -0.15) is 0 Å². The van der Waals surface area contributed by atoms with Crippen molar-refractivity contribution in [1.82, 2.24) is 0 Å². The van der Waals surface area contributed by atoms with Crippen LogP contribution in [0.3, 0.4) is 0 Å². The maximum atomic E-state index is 6.30. The number of rotatable bonds is 4. The topological polar surface area (TPSA) is 18.5 Å². The molecular formula is C14H26ClO2P. The molecule has 2 aliphatic carbocycles. The first-order valence-electron chi connectivity index (χ1n) is 7.46. The summed E-state index contributed by atoms with van der Waals surface area (Å²) in [7, 11) is -1.21. The molecule has 0 aromatic heterocycles. The molecule has 0 aromatic rings. The molecule has 0 spiro atoms. The van der Waals surface area contributed by atoms with Gasteiger partial charge in [0.25, 0.3) is 7.73 Å². The van der Waals surface area contributed by atoms with Gasteiger partial charge >= 0.3 is 0 Å². The fraction of sp³-hybridized carbons (Fsp3) is 1.00. The van der Waals surface area contributed by atoms with Gasteiger partial charge in [0.05, 0.1) is 12.2 Å². The second-order valence-electron chi connectivity index (χ2n) is 6.02. The summed E-state index contributed by atoms with van der Waals surface area (Å²) in [5.41, 5.74) is 0. The monoisotopic (exact) mass is 292 g/mol. The Kier molecular flexibility index (Phi) is 6.21. The van der Waals surface area contributed by atoms with Crippen molar-refractivity contribution in [2.24, 2.45) is 11.8 Å². The van der Waals surface area contributed by atoms with Gasteiger partial charge in [0.2, 0.25) is 0 Å². The van der Waals surface area contributed by atoms with Gasteiger partial charge in [-0.25, -0.2) is 0 Å². The maximum Gasteiger partial charge on any atom is 0.277 e. The predicted molar refractivity (Wildman–Crippen MR) is 77.8 cm³/mol. The first-order chi connectivity index (χ1) is 8.66. The highest BCUT2D eigenvalue weighted by Crippen LogP contribution is 2.51. The summed E-state index contributed by atoms with van der Waals surface area (Å²) in [6.45, 7) is 4.54. The molecule has 2 saturated carbocycles. The smallest absolute Gasteiger partial charge is 0.277 e. The molecule has 0 N–H and O–H groups in total. The van der Waals surface area contributed by atoms with Crippen LogP contribution in [0.1, 0.15) is 65.2 Å². The zero-order valence-electron chi connectivity index (χ0n) is 11.6. The second kappa shape index (κ2) is 7.43. The normalized spacial score (nSPS) is 39.5. The summed E-state index contributed by atoms with van der Waals surface area (Å²) in [6.07, 6.45) is 10.7. The number of hydrogen-bond donors (Lipinski definition) is 0. The van der Waals surface area contributed by atoms with Crippen molar-refractivity contribution in [3.05, 3.63) is 0 Å². The molecule has 4 unspecified atom stereocenters. The Labute approximate surface area is 117 Å². The fourth-order valence-corrected chi connectivity index (χ4v) is 4.83. The highest BCUT2D eigenvalue weighted by atomic mass is 35.7. The van der Waals surface area contributed by atoms with Crippen molar-refractivity contribution >= 4 is 19.0 Å². The molecule has 0 radical (unpaired) electrons. The molecule has 4 heteroatoms. The van der Waals surface area contributed by atoms with Crippen LogP contribution in [0, 0.1) is 11.8 Å². The second-order valence-corrected chi connectivity index (χ2v) is 7.70. The molecule has 4 atom stereocenters. The van der Waals surface area contributed by atoms with Gasteiger partial charge in [0.1, 0.15) is 0 Å². The molecule has 0 aromatic carbocycles. The third-order valence-electron chi connectivity index (χ3n) is 4.50. The minimum Gasteiger partial charge on any atom is -0.319 e. The quantitative estimate of drug-likeness (QED) is 0.624. The van der Waals surface area contributed by atoms with Crippen LogP contribution in [0.25, 0.3) is 0 Å². The lowest BCUT2D eigenvalue weighted by Gasteiger charge is -2.33. The van der Waals surface area contributed by atoms with Gasteiger partial charge in [0.15, 0.2) is 0 Å². The van der Waals surface area contributed by atoms with Gasteiger partial charge in [-0.1, -0.05) is 39.5 Å². The summed E-state index contributed by atoms with van der Waals surface area (Å²) >= 11 is 6.30. The molecule has 0 saturated heterocycles. The standard InChI is InChI=1S/C14H26ClO2P/c1-11-7-3-5-9-13(11)16-18(15)17-14-10-6-4-8-12(14)2/h11-14H,3-10H2,1-2H3. The first-order valence-corrected chi connectivity index (χ1v) is 9.54. The van der Waals surface area contributed by atoms with Crippen LogP contribution in [-0.4, -0.2) is 12.2 Å². The molecule has 2 nitrogen and oxygen atoms in total. The van der Waals surface area contributed by atoms with Crippen molar-refractivity contribution in [3.63, 3.8) is 0 Å². The lowest BCUT2D eigenvalue weighted by atomic mass is 9.88. The highest BCUT2D eigenvalue weighted by Gasteiger charge is 2.29. The van der Waals surface area contributed by atoms with E-state index in [0.29, 0.717) is 24.0 Å². The third kappa shape index (κ3) is 4.34. The van der Waals surface area contributed by atoms with Crippen molar-refractivity contribution in [1.29, 1.82) is 0 Å².